The Bertz CT molecular complexity index is 787. The highest BCUT2D eigenvalue weighted by molar-refractivity contribution is 5.73. The van der Waals surface area contributed by atoms with E-state index in [-0.39, 0.29) is 29.4 Å². The van der Waals surface area contributed by atoms with Crippen molar-refractivity contribution in [1.29, 1.82) is 0 Å². The first kappa shape index (κ1) is 16.9. The molecule has 0 amide bonds. The molecular weight excluding hydrogens is 383 g/mol. The van der Waals surface area contributed by atoms with Gasteiger partial charge in [-0.2, -0.15) is 4.57 Å². The van der Waals surface area contributed by atoms with Gasteiger partial charge in [-0.15, -0.1) is 0 Å². The van der Waals surface area contributed by atoms with Crippen LogP contribution in [0.1, 0.15) is 26.3 Å². The molecule has 0 bridgehead atoms. The Morgan fingerprint density at radius 3 is 2.18 bits per heavy atom. The average molecular weight is 404 g/mol. The van der Waals surface area contributed by atoms with Crippen LogP contribution >= 0.6 is 0 Å². The van der Waals surface area contributed by atoms with Crippen LogP contribution in [0.15, 0.2) is 54.7 Å². The van der Waals surface area contributed by atoms with E-state index in [0.717, 1.165) is 22.3 Å². The first-order chi connectivity index (χ1) is 9.95. The number of hydrogen-bond acceptors (Lipinski definition) is 1. The molecule has 0 aliphatic carbocycles. The van der Waals surface area contributed by atoms with Crippen LogP contribution in [0.2, 0.25) is 0 Å². The highest BCUT2D eigenvalue weighted by Gasteiger charge is 2.15. The molecular formula is C19H21IN2. The van der Waals surface area contributed by atoms with E-state index in [1.165, 1.54) is 5.56 Å². The molecule has 2 aromatic carbocycles. The highest BCUT2D eigenvalue weighted by Crippen LogP contribution is 2.25. The molecule has 0 atom stereocenters. The van der Waals surface area contributed by atoms with E-state index in [0.29, 0.717) is 0 Å². The van der Waals surface area contributed by atoms with Gasteiger partial charge in [0, 0.05) is 11.6 Å². The van der Waals surface area contributed by atoms with Gasteiger partial charge in [-0.1, -0.05) is 57.2 Å². The molecule has 3 rings (SSSR count). The smallest absolute Gasteiger partial charge is 0.230 e. The van der Waals surface area contributed by atoms with Gasteiger partial charge >= 0.3 is 0 Å². The molecule has 0 saturated heterocycles. The van der Waals surface area contributed by atoms with Crippen LogP contribution in [0, 0.1) is 0 Å². The van der Waals surface area contributed by atoms with Crippen LogP contribution in [0.4, 0.5) is 0 Å². The third-order valence-electron chi connectivity index (χ3n) is 3.87. The summed E-state index contributed by atoms with van der Waals surface area (Å²) in [7, 11) is 2.07. The van der Waals surface area contributed by atoms with Crippen molar-refractivity contribution >= 4 is 11.0 Å². The molecule has 22 heavy (non-hydrogen) atoms. The minimum atomic E-state index is 0. The first-order valence-corrected chi connectivity index (χ1v) is 7.31. The Morgan fingerprint density at radius 1 is 0.909 bits per heavy atom. The fraction of sp³-hybridized carbons (Fsp3) is 0.263. The molecule has 0 fully saturated rings. The van der Waals surface area contributed by atoms with Crippen LogP contribution in [-0.2, 0) is 12.5 Å². The van der Waals surface area contributed by atoms with Crippen LogP contribution in [-0.4, -0.2) is 4.98 Å². The van der Waals surface area contributed by atoms with Crippen LogP contribution in [0.3, 0.4) is 0 Å². The summed E-state index contributed by atoms with van der Waals surface area (Å²) in [4.78, 5) is 4.78. The number of fused-ring (bicyclic) bond motifs is 1. The summed E-state index contributed by atoms with van der Waals surface area (Å²) >= 11 is 0. The van der Waals surface area contributed by atoms with Gasteiger partial charge in [0.2, 0.25) is 5.52 Å². The van der Waals surface area contributed by atoms with Crippen molar-refractivity contribution in [2.75, 3.05) is 0 Å². The number of aryl methyl sites for hydroxylation is 1. The maximum absolute atomic E-state index is 4.78. The Kier molecular flexibility index (Phi) is 4.85. The number of hydrogen-bond donors (Lipinski definition) is 0. The number of benzene rings is 2. The lowest BCUT2D eigenvalue weighted by Gasteiger charge is -2.18. The lowest BCUT2D eigenvalue weighted by Crippen LogP contribution is -3.00. The van der Waals surface area contributed by atoms with Crippen LogP contribution in [0.25, 0.3) is 22.3 Å². The summed E-state index contributed by atoms with van der Waals surface area (Å²) in [5.41, 5.74) is 5.86. The predicted molar refractivity (Wildman–Crippen MR) is 87.1 cm³/mol. The molecule has 0 N–H and O–H groups in total. The third kappa shape index (κ3) is 3.29. The van der Waals surface area contributed by atoms with Gasteiger partial charge in [-0.05, 0) is 17.0 Å². The lowest BCUT2D eigenvalue weighted by atomic mass is 9.86. The highest BCUT2D eigenvalue weighted by atomic mass is 127. The summed E-state index contributed by atoms with van der Waals surface area (Å²) in [6.45, 7) is 6.70. The molecule has 0 aliphatic heterocycles. The number of halogens is 1. The van der Waals surface area contributed by atoms with Crippen molar-refractivity contribution in [2.24, 2.45) is 7.05 Å². The first-order valence-electron chi connectivity index (χ1n) is 7.31. The molecule has 3 heteroatoms. The molecule has 0 saturated carbocycles. The minimum Gasteiger partial charge on any atom is -1.00 e. The molecule has 114 valence electrons. The third-order valence-corrected chi connectivity index (χ3v) is 3.87. The van der Waals surface area contributed by atoms with Crippen molar-refractivity contribution in [3.63, 3.8) is 0 Å². The Balaban J connectivity index is 0.00000176. The zero-order valence-electron chi connectivity index (χ0n) is 13.5. The zero-order chi connectivity index (χ0) is 15.0. The SMILES string of the molecule is C[n+]1cc(-c2ccc(C(C)(C)C)cc2)nc2ccccc21.[I-]. The fourth-order valence-corrected chi connectivity index (χ4v) is 2.55. The standard InChI is InChI=1S/C19H21N2.HI/c1-19(2,3)15-11-9-14(10-12-15)17-13-21(4)18-8-6-5-7-16(18)20-17;/h5-13H,1-4H3;1H/q+1;/p-1. The molecule has 0 radical (unpaired) electrons. The molecule has 0 aliphatic rings. The monoisotopic (exact) mass is 404 g/mol. The fourth-order valence-electron chi connectivity index (χ4n) is 2.55. The van der Waals surface area contributed by atoms with E-state index in [9.17, 15) is 0 Å². The van der Waals surface area contributed by atoms with Gasteiger partial charge in [0.05, 0.1) is 0 Å². The van der Waals surface area contributed by atoms with Gasteiger partial charge in [0.15, 0.2) is 6.20 Å². The van der Waals surface area contributed by atoms with E-state index in [2.05, 4.69) is 75.0 Å². The Labute approximate surface area is 149 Å². The molecule has 0 unspecified atom stereocenters. The lowest BCUT2D eigenvalue weighted by molar-refractivity contribution is -0.644. The van der Waals surface area contributed by atoms with Crippen LogP contribution in [0.5, 0.6) is 0 Å². The maximum atomic E-state index is 4.78. The van der Waals surface area contributed by atoms with Crippen molar-refractivity contribution in [2.45, 2.75) is 26.2 Å². The summed E-state index contributed by atoms with van der Waals surface area (Å²) < 4.78 is 2.13. The van der Waals surface area contributed by atoms with Crippen molar-refractivity contribution in [3.8, 4) is 11.3 Å². The number of para-hydroxylation sites is 2. The van der Waals surface area contributed by atoms with E-state index >= 15 is 0 Å². The molecule has 1 heterocycles. The predicted octanol–water partition coefficient (Wildman–Crippen LogP) is 1.03. The second-order valence-electron chi connectivity index (χ2n) is 6.55. The summed E-state index contributed by atoms with van der Waals surface area (Å²) in [6, 6.07) is 17.0. The maximum Gasteiger partial charge on any atom is 0.230 e. The number of aromatic nitrogens is 2. The van der Waals surface area contributed by atoms with E-state index in [1.54, 1.807) is 0 Å². The van der Waals surface area contributed by atoms with E-state index in [4.69, 9.17) is 4.98 Å². The van der Waals surface area contributed by atoms with Gasteiger partial charge < -0.3 is 24.0 Å². The minimum absolute atomic E-state index is 0. The summed E-state index contributed by atoms with van der Waals surface area (Å²) in [5.74, 6) is 0. The average Bonchev–Trinajstić information content (AvgIpc) is 2.46. The van der Waals surface area contributed by atoms with Crippen molar-refractivity contribution in [1.82, 2.24) is 4.98 Å². The van der Waals surface area contributed by atoms with E-state index in [1.807, 2.05) is 12.1 Å². The van der Waals surface area contributed by atoms with Gasteiger partial charge in [-0.3, -0.25) is 0 Å². The second-order valence-corrected chi connectivity index (χ2v) is 6.55. The Morgan fingerprint density at radius 2 is 1.55 bits per heavy atom. The summed E-state index contributed by atoms with van der Waals surface area (Å²) in [6.07, 6.45) is 2.09. The largest absolute Gasteiger partial charge is 1.00 e. The van der Waals surface area contributed by atoms with Gasteiger partial charge in [0.1, 0.15) is 18.3 Å². The number of rotatable bonds is 1. The number of nitrogens with zero attached hydrogens (tertiary/aromatic N) is 2. The normalized spacial score (nSPS) is 11.3. The quantitative estimate of drug-likeness (QED) is 0.438. The van der Waals surface area contributed by atoms with E-state index < -0.39 is 0 Å². The van der Waals surface area contributed by atoms with Crippen molar-refractivity contribution < 1.29 is 28.5 Å². The zero-order valence-corrected chi connectivity index (χ0v) is 15.6. The molecule has 3 aromatic rings. The second kappa shape index (κ2) is 6.32. The molecule has 2 nitrogen and oxygen atoms in total. The van der Waals surface area contributed by atoms with Crippen molar-refractivity contribution in [3.05, 3.63) is 60.3 Å². The molecule has 1 aromatic heterocycles. The van der Waals surface area contributed by atoms with Gasteiger partial charge in [0.25, 0.3) is 0 Å². The Hall–Kier alpha value is -1.49. The van der Waals surface area contributed by atoms with Gasteiger partial charge in [-0.25, -0.2) is 4.98 Å². The summed E-state index contributed by atoms with van der Waals surface area (Å²) in [5, 5.41) is 0. The topological polar surface area (TPSA) is 16.8 Å². The van der Waals surface area contributed by atoms with Crippen LogP contribution < -0.4 is 28.5 Å². The molecule has 0 spiro atoms.